The van der Waals surface area contributed by atoms with E-state index in [4.69, 9.17) is 5.73 Å². The van der Waals surface area contributed by atoms with Gasteiger partial charge in [0.05, 0.1) is 0 Å². The van der Waals surface area contributed by atoms with Crippen LogP contribution in [0.1, 0.15) is 44.2 Å². The van der Waals surface area contributed by atoms with Gasteiger partial charge < -0.3 is 10.6 Å². The number of nitrogens with zero attached hydrogens (tertiary/aromatic N) is 2. The molecule has 0 unspecified atom stereocenters. The fourth-order valence-electron chi connectivity index (χ4n) is 2.50. The lowest BCUT2D eigenvalue weighted by atomic mass is 10.1. The van der Waals surface area contributed by atoms with Crippen molar-refractivity contribution in [3.8, 4) is 0 Å². The summed E-state index contributed by atoms with van der Waals surface area (Å²) in [4.78, 5) is 7.10. The Kier molecular flexibility index (Phi) is 3.25. The van der Waals surface area contributed by atoms with Crippen LogP contribution in [0.2, 0.25) is 0 Å². The summed E-state index contributed by atoms with van der Waals surface area (Å²) in [5.74, 6) is 2.92. The molecule has 0 saturated heterocycles. The first-order valence-corrected chi connectivity index (χ1v) is 7.19. The molecule has 3 heteroatoms. The van der Waals surface area contributed by atoms with Crippen LogP contribution in [0.5, 0.6) is 0 Å². The van der Waals surface area contributed by atoms with Crippen molar-refractivity contribution in [3.63, 3.8) is 0 Å². The van der Waals surface area contributed by atoms with Crippen LogP contribution < -0.4 is 10.6 Å². The Morgan fingerprint density at radius 2 is 1.89 bits per heavy atom. The lowest BCUT2D eigenvalue weighted by Crippen LogP contribution is -2.30. The molecule has 1 aromatic heterocycles. The summed E-state index contributed by atoms with van der Waals surface area (Å²) >= 11 is 0. The topological polar surface area (TPSA) is 42.1 Å². The largest absolute Gasteiger partial charge is 0.356 e. The van der Waals surface area contributed by atoms with Gasteiger partial charge in [-0.15, -0.1) is 0 Å². The minimum Gasteiger partial charge on any atom is -0.356 e. The quantitative estimate of drug-likeness (QED) is 0.838. The fourth-order valence-corrected chi connectivity index (χ4v) is 2.50. The maximum Gasteiger partial charge on any atom is 0.133 e. The Morgan fingerprint density at radius 3 is 2.39 bits per heavy atom. The van der Waals surface area contributed by atoms with Gasteiger partial charge in [0, 0.05) is 30.9 Å². The van der Waals surface area contributed by atoms with E-state index in [-0.39, 0.29) is 6.04 Å². The first-order chi connectivity index (χ1) is 8.74. The van der Waals surface area contributed by atoms with Gasteiger partial charge >= 0.3 is 0 Å². The number of hydrogen-bond donors (Lipinski definition) is 1. The van der Waals surface area contributed by atoms with E-state index >= 15 is 0 Å². The second kappa shape index (κ2) is 4.88. The summed E-state index contributed by atoms with van der Waals surface area (Å²) in [6.07, 6.45) is 7.46. The number of rotatable bonds is 6. The molecule has 0 spiro atoms. The highest BCUT2D eigenvalue weighted by Gasteiger charge is 2.30. The third kappa shape index (κ3) is 2.83. The maximum absolute atomic E-state index is 6.08. The molecule has 2 aliphatic carbocycles. The van der Waals surface area contributed by atoms with E-state index in [1.807, 2.05) is 19.2 Å². The molecular weight excluding hydrogens is 222 g/mol. The molecule has 1 heterocycles. The van der Waals surface area contributed by atoms with Crippen molar-refractivity contribution >= 4 is 5.82 Å². The fraction of sp³-hybridized carbons (Fsp3) is 0.667. The van der Waals surface area contributed by atoms with Gasteiger partial charge in [-0.2, -0.15) is 0 Å². The average molecular weight is 245 g/mol. The van der Waals surface area contributed by atoms with Crippen LogP contribution in [-0.4, -0.2) is 18.1 Å². The van der Waals surface area contributed by atoms with Gasteiger partial charge in [0.1, 0.15) is 5.82 Å². The van der Waals surface area contributed by atoms with Crippen LogP contribution in [0, 0.1) is 11.8 Å². The van der Waals surface area contributed by atoms with Crippen molar-refractivity contribution in [1.29, 1.82) is 0 Å². The number of nitrogens with two attached hydrogens (primary N) is 1. The standard InChI is InChI=1S/C15H23N3/c1-11(16)14-3-2-8-17-15(14)18(9-12-4-5-12)10-13-6-7-13/h2-3,8,11-13H,4-7,9-10,16H2,1H3/t11-/m0/s1. The third-order valence-corrected chi connectivity index (χ3v) is 3.96. The summed E-state index contributed by atoms with van der Waals surface area (Å²) in [5, 5.41) is 0. The molecule has 18 heavy (non-hydrogen) atoms. The van der Waals surface area contributed by atoms with Gasteiger partial charge in [-0.1, -0.05) is 6.07 Å². The number of pyridine rings is 1. The Morgan fingerprint density at radius 1 is 1.28 bits per heavy atom. The summed E-state index contributed by atoms with van der Waals surface area (Å²) in [6, 6.07) is 4.18. The normalized spacial score (nSPS) is 20.8. The smallest absolute Gasteiger partial charge is 0.133 e. The van der Waals surface area contributed by atoms with Crippen LogP contribution >= 0.6 is 0 Å². The first kappa shape index (κ1) is 12.0. The molecule has 2 N–H and O–H groups in total. The van der Waals surface area contributed by atoms with E-state index in [0.717, 1.165) is 17.7 Å². The zero-order valence-corrected chi connectivity index (χ0v) is 11.2. The lowest BCUT2D eigenvalue weighted by Gasteiger charge is -2.27. The minimum atomic E-state index is 0.0645. The second-order valence-corrected chi connectivity index (χ2v) is 6.00. The van der Waals surface area contributed by atoms with Gasteiger partial charge in [0.2, 0.25) is 0 Å². The van der Waals surface area contributed by atoms with Crippen molar-refractivity contribution in [2.24, 2.45) is 17.6 Å². The molecule has 0 amide bonds. The van der Waals surface area contributed by atoms with E-state index in [1.165, 1.54) is 44.3 Å². The molecule has 0 radical (unpaired) electrons. The molecule has 3 rings (SSSR count). The predicted octanol–water partition coefficient (Wildman–Crippen LogP) is 2.73. The lowest BCUT2D eigenvalue weighted by molar-refractivity contribution is 0.661. The second-order valence-electron chi connectivity index (χ2n) is 6.00. The Labute approximate surface area is 109 Å². The van der Waals surface area contributed by atoms with E-state index in [2.05, 4.69) is 16.0 Å². The van der Waals surface area contributed by atoms with E-state index < -0.39 is 0 Å². The summed E-state index contributed by atoms with van der Waals surface area (Å²) in [5.41, 5.74) is 7.27. The van der Waals surface area contributed by atoms with Gasteiger partial charge in [0.15, 0.2) is 0 Å². The Hall–Kier alpha value is -1.09. The van der Waals surface area contributed by atoms with E-state index in [0.29, 0.717) is 0 Å². The number of anilines is 1. The SMILES string of the molecule is C[C@H](N)c1cccnc1N(CC1CC1)CC1CC1. The van der Waals surface area contributed by atoms with Crippen molar-refractivity contribution < 1.29 is 0 Å². The molecule has 3 nitrogen and oxygen atoms in total. The molecule has 0 bridgehead atoms. The van der Waals surface area contributed by atoms with Gasteiger partial charge in [-0.3, -0.25) is 0 Å². The van der Waals surface area contributed by atoms with Crippen LogP contribution in [0.25, 0.3) is 0 Å². The first-order valence-electron chi connectivity index (χ1n) is 7.19. The van der Waals surface area contributed by atoms with Crippen LogP contribution in [0.4, 0.5) is 5.82 Å². The van der Waals surface area contributed by atoms with Crippen molar-refractivity contribution in [2.45, 2.75) is 38.6 Å². The highest BCUT2D eigenvalue weighted by Crippen LogP contribution is 2.36. The zero-order chi connectivity index (χ0) is 12.5. The maximum atomic E-state index is 6.08. The van der Waals surface area contributed by atoms with Crippen molar-refractivity contribution in [3.05, 3.63) is 23.9 Å². The predicted molar refractivity (Wildman–Crippen MR) is 74.5 cm³/mol. The van der Waals surface area contributed by atoms with Gasteiger partial charge in [-0.05, 0) is 50.5 Å². The Balaban J connectivity index is 1.82. The minimum absolute atomic E-state index is 0.0645. The van der Waals surface area contributed by atoms with Gasteiger partial charge in [-0.25, -0.2) is 4.98 Å². The van der Waals surface area contributed by atoms with Crippen molar-refractivity contribution in [1.82, 2.24) is 4.98 Å². The monoisotopic (exact) mass is 245 g/mol. The van der Waals surface area contributed by atoms with Crippen LogP contribution in [-0.2, 0) is 0 Å². The molecule has 1 aromatic rings. The zero-order valence-electron chi connectivity index (χ0n) is 11.2. The molecule has 0 aromatic carbocycles. The molecule has 2 saturated carbocycles. The molecule has 2 fully saturated rings. The van der Waals surface area contributed by atoms with Crippen LogP contribution in [0.15, 0.2) is 18.3 Å². The van der Waals surface area contributed by atoms with E-state index in [1.54, 1.807) is 0 Å². The number of hydrogen-bond acceptors (Lipinski definition) is 3. The molecular formula is C15H23N3. The van der Waals surface area contributed by atoms with Crippen LogP contribution in [0.3, 0.4) is 0 Å². The summed E-state index contributed by atoms with van der Waals surface area (Å²) < 4.78 is 0. The Bertz CT molecular complexity index is 394. The number of aromatic nitrogens is 1. The molecule has 98 valence electrons. The molecule has 1 atom stereocenters. The average Bonchev–Trinajstić information content (AvgIpc) is 3.23. The molecule has 0 aliphatic heterocycles. The third-order valence-electron chi connectivity index (χ3n) is 3.96. The summed E-state index contributed by atoms with van der Waals surface area (Å²) in [7, 11) is 0. The van der Waals surface area contributed by atoms with E-state index in [9.17, 15) is 0 Å². The highest BCUT2D eigenvalue weighted by atomic mass is 15.2. The molecule has 2 aliphatic rings. The van der Waals surface area contributed by atoms with Crippen molar-refractivity contribution in [2.75, 3.05) is 18.0 Å². The highest BCUT2D eigenvalue weighted by molar-refractivity contribution is 5.48. The summed E-state index contributed by atoms with van der Waals surface area (Å²) in [6.45, 7) is 4.40. The van der Waals surface area contributed by atoms with Gasteiger partial charge in [0.25, 0.3) is 0 Å².